The van der Waals surface area contributed by atoms with Gasteiger partial charge in [0.15, 0.2) is 11.5 Å². The molecule has 0 spiro atoms. The van der Waals surface area contributed by atoms with Gasteiger partial charge in [-0.05, 0) is 37.1 Å². The molecular formula is C15H22N2O3. The lowest BCUT2D eigenvalue weighted by Crippen LogP contribution is -2.46. The van der Waals surface area contributed by atoms with Gasteiger partial charge in [0.05, 0.1) is 20.6 Å². The second-order valence-electron chi connectivity index (χ2n) is 4.98. The molecule has 0 bridgehead atoms. The molecule has 0 aromatic heterocycles. The highest BCUT2D eigenvalue weighted by Crippen LogP contribution is 2.27. The molecule has 20 heavy (non-hydrogen) atoms. The topological polar surface area (TPSA) is 59.6 Å². The Balaban J connectivity index is 1.93. The van der Waals surface area contributed by atoms with Crippen molar-refractivity contribution in [1.82, 2.24) is 10.6 Å². The van der Waals surface area contributed by atoms with E-state index in [1.165, 1.54) is 0 Å². The number of amides is 1. The Bertz CT molecular complexity index is 456. The molecule has 1 heterocycles. The van der Waals surface area contributed by atoms with Gasteiger partial charge in [0, 0.05) is 12.6 Å². The van der Waals surface area contributed by atoms with E-state index < -0.39 is 0 Å². The van der Waals surface area contributed by atoms with Crippen LogP contribution in [0.25, 0.3) is 0 Å². The van der Waals surface area contributed by atoms with Crippen LogP contribution in [0.15, 0.2) is 18.2 Å². The summed E-state index contributed by atoms with van der Waals surface area (Å²) in [4.78, 5) is 12.0. The quantitative estimate of drug-likeness (QED) is 0.847. The van der Waals surface area contributed by atoms with E-state index in [2.05, 4.69) is 10.6 Å². The summed E-state index contributed by atoms with van der Waals surface area (Å²) >= 11 is 0. The van der Waals surface area contributed by atoms with Crippen molar-refractivity contribution in [3.05, 3.63) is 23.8 Å². The molecule has 1 saturated heterocycles. The number of carbonyl (C=O) groups is 1. The maximum atomic E-state index is 12.0. The molecule has 5 heteroatoms. The molecule has 1 aromatic carbocycles. The number of piperidine rings is 1. The van der Waals surface area contributed by atoms with Crippen LogP contribution < -0.4 is 20.1 Å². The summed E-state index contributed by atoms with van der Waals surface area (Å²) in [6.07, 6.45) is 2.52. The van der Waals surface area contributed by atoms with Crippen molar-refractivity contribution in [2.45, 2.75) is 25.3 Å². The van der Waals surface area contributed by atoms with E-state index in [4.69, 9.17) is 9.47 Å². The number of nitrogens with one attached hydrogen (secondary N) is 2. The molecule has 1 amide bonds. The zero-order valence-corrected chi connectivity index (χ0v) is 12.1. The van der Waals surface area contributed by atoms with Gasteiger partial charge in [-0.15, -0.1) is 0 Å². The highest BCUT2D eigenvalue weighted by molar-refractivity contribution is 5.79. The van der Waals surface area contributed by atoms with Crippen LogP contribution in [0.1, 0.15) is 18.4 Å². The van der Waals surface area contributed by atoms with Crippen molar-refractivity contribution < 1.29 is 14.3 Å². The van der Waals surface area contributed by atoms with Gasteiger partial charge in [0.25, 0.3) is 0 Å². The molecule has 5 nitrogen and oxygen atoms in total. The van der Waals surface area contributed by atoms with Crippen molar-refractivity contribution in [3.8, 4) is 11.5 Å². The van der Waals surface area contributed by atoms with Crippen LogP contribution in [0.3, 0.4) is 0 Å². The van der Waals surface area contributed by atoms with Crippen LogP contribution in [-0.4, -0.2) is 39.3 Å². The van der Waals surface area contributed by atoms with E-state index in [1.54, 1.807) is 14.2 Å². The first-order valence-electron chi connectivity index (χ1n) is 6.94. The van der Waals surface area contributed by atoms with E-state index in [0.717, 1.165) is 31.5 Å². The number of hydrogen-bond donors (Lipinski definition) is 2. The highest BCUT2D eigenvalue weighted by atomic mass is 16.5. The third-order valence-electron chi connectivity index (χ3n) is 3.47. The monoisotopic (exact) mass is 278 g/mol. The van der Waals surface area contributed by atoms with Crippen molar-refractivity contribution in [1.29, 1.82) is 0 Å². The standard InChI is InChI=1S/C15H22N2O3/c1-19-13-6-5-11(8-14(13)20-2)9-15(18)17-12-4-3-7-16-10-12/h5-6,8,12,16H,3-4,7,9-10H2,1-2H3,(H,17,18)/t12-/m0/s1. The molecule has 1 aliphatic rings. The van der Waals surface area contributed by atoms with E-state index in [1.807, 2.05) is 18.2 Å². The molecule has 0 aliphatic carbocycles. The SMILES string of the molecule is COc1ccc(CC(=O)N[C@H]2CCCNC2)cc1OC. The van der Waals surface area contributed by atoms with Gasteiger partial charge in [-0.1, -0.05) is 6.07 Å². The minimum absolute atomic E-state index is 0.0471. The molecule has 1 aromatic rings. The molecule has 0 saturated carbocycles. The molecule has 1 aliphatic heterocycles. The Morgan fingerprint density at radius 1 is 1.35 bits per heavy atom. The lowest BCUT2D eigenvalue weighted by atomic mass is 10.1. The van der Waals surface area contributed by atoms with Crippen LogP contribution in [-0.2, 0) is 11.2 Å². The van der Waals surface area contributed by atoms with Gasteiger partial charge in [0.1, 0.15) is 0 Å². The maximum Gasteiger partial charge on any atom is 0.224 e. The second-order valence-corrected chi connectivity index (χ2v) is 4.98. The van der Waals surface area contributed by atoms with E-state index in [9.17, 15) is 4.79 Å². The summed E-state index contributed by atoms with van der Waals surface area (Å²) in [6.45, 7) is 1.90. The summed E-state index contributed by atoms with van der Waals surface area (Å²) < 4.78 is 10.4. The fraction of sp³-hybridized carbons (Fsp3) is 0.533. The number of hydrogen-bond acceptors (Lipinski definition) is 4. The van der Waals surface area contributed by atoms with Crippen LogP contribution >= 0.6 is 0 Å². The smallest absolute Gasteiger partial charge is 0.224 e. The third-order valence-corrected chi connectivity index (χ3v) is 3.47. The number of methoxy groups -OCH3 is 2. The van der Waals surface area contributed by atoms with E-state index in [0.29, 0.717) is 17.9 Å². The Morgan fingerprint density at radius 2 is 2.15 bits per heavy atom. The Morgan fingerprint density at radius 3 is 2.80 bits per heavy atom. The summed E-state index contributed by atoms with van der Waals surface area (Å²) in [5.74, 6) is 1.37. The zero-order chi connectivity index (χ0) is 14.4. The number of benzene rings is 1. The third kappa shape index (κ3) is 3.87. The van der Waals surface area contributed by atoms with Gasteiger partial charge >= 0.3 is 0 Å². The van der Waals surface area contributed by atoms with Crippen LogP contribution in [0, 0.1) is 0 Å². The predicted molar refractivity (Wildman–Crippen MR) is 77.3 cm³/mol. The molecule has 2 rings (SSSR count). The summed E-state index contributed by atoms with van der Waals surface area (Å²) in [7, 11) is 3.19. The van der Waals surface area contributed by atoms with Crippen LogP contribution in [0.4, 0.5) is 0 Å². The molecule has 110 valence electrons. The number of carbonyl (C=O) groups excluding carboxylic acids is 1. The van der Waals surface area contributed by atoms with Crippen molar-refractivity contribution in [2.24, 2.45) is 0 Å². The fourth-order valence-corrected chi connectivity index (χ4v) is 2.43. The van der Waals surface area contributed by atoms with Gasteiger partial charge < -0.3 is 20.1 Å². The molecule has 0 radical (unpaired) electrons. The number of rotatable bonds is 5. The van der Waals surface area contributed by atoms with E-state index in [-0.39, 0.29) is 11.9 Å². The van der Waals surface area contributed by atoms with Gasteiger partial charge in [-0.25, -0.2) is 0 Å². The van der Waals surface area contributed by atoms with Crippen molar-refractivity contribution >= 4 is 5.91 Å². The van der Waals surface area contributed by atoms with Crippen molar-refractivity contribution in [3.63, 3.8) is 0 Å². The van der Waals surface area contributed by atoms with Gasteiger partial charge in [0.2, 0.25) is 5.91 Å². The minimum Gasteiger partial charge on any atom is -0.493 e. The molecule has 2 N–H and O–H groups in total. The first-order chi connectivity index (χ1) is 9.72. The summed E-state index contributed by atoms with van der Waals surface area (Å²) in [5.41, 5.74) is 0.920. The largest absolute Gasteiger partial charge is 0.493 e. The van der Waals surface area contributed by atoms with E-state index >= 15 is 0 Å². The second kappa shape index (κ2) is 7.14. The summed E-state index contributed by atoms with van der Waals surface area (Å²) in [6, 6.07) is 5.80. The molecule has 1 atom stereocenters. The normalized spacial score (nSPS) is 18.4. The van der Waals surface area contributed by atoms with Crippen LogP contribution in [0.5, 0.6) is 11.5 Å². The lowest BCUT2D eigenvalue weighted by molar-refractivity contribution is -0.121. The first-order valence-corrected chi connectivity index (χ1v) is 6.94. The Labute approximate surface area is 119 Å². The fourth-order valence-electron chi connectivity index (χ4n) is 2.43. The summed E-state index contributed by atoms with van der Waals surface area (Å²) in [5, 5.41) is 6.35. The minimum atomic E-state index is 0.0471. The highest BCUT2D eigenvalue weighted by Gasteiger charge is 2.16. The Kier molecular flexibility index (Phi) is 5.24. The zero-order valence-electron chi connectivity index (χ0n) is 12.1. The predicted octanol–water partition coefficient (Wildman–Crippen LogP) is 1.11. The lowest BCUT2D eigenvalue weighted by Gasteiger charge is -2.23. The average molecular weight is 278 g/mol. The molecular weight excluding hydrogens is 256 g/mol. The van der Waals surface area contributed by atoms with Gasteiger partial charge in [-0.3, -0.25) is 4.79 Å². The molecule has 1 fully saturated rings. The first kappa shape index (κ1) is 14.7. The number of ether oxygens (including phenoxy) is 2. The van der Waals surface area contributed by atoms with Crippen LogP contribution in [0.2, 0.25) is 0 Å². The average Bonchev–Trinajstić information content (AvgIpc) is 2.48. The maximum absolute atomic E-state index is 12.0. The Hall–Kier alpha value is -1.75. The molecule has 0 unspecified atom stereocenters. The van der Waals surface area contributed by atoms with Crippen molar-refractivity contribution in [2.75, 3.05) is 27.3 Å². The van der Waals surface area contributed by atoms with Gasteiger partial charge in [-0.2, -0.15) is 0 Å².